The Labute approximate surface area is 125 Å². The minimum absolute atomic E-state index is 0.0189. The topological polar surface area (TPSA) is 89.5 Å². The molecule has 0 saturated carbocycles. The number of anilines is 1. The van der Waals surface area contributed by atoms with Crippen molar-refractivity contribution in [3.63, 3.8) is 0 Å². The van der Waals surface area contributed by atoms with E-state index in [0.717, 1.165) is 19.3 Å². The third kappa shape index (κ3) is 4.18. The lowest BCUT2D eigenvalue weighted by Gasteiger charge is -2.28. The molecule has 1 rings (SSSR count). The number of carbonyl (C=O) groups excluding carboxylic acids is 1. The van der Waals surface area contributed by atoms with Gasteiger partial charge in [-0.15, -0.1) is 0 Å². The number of benzene rings is 1. The van der Waals surface area contributed by atoms with Crippen molar-refractivity contribution in [2.24, 2.45) is 0 Å². The molecule has 0 aliphatic heterocycles. The lowest BCUT2D eigenvalue weighted by molar-refractivity contribution is -0.383. The molecule has 6 heteroatoms. The van der Waals surface area contributed by atoms with Crippen LogP contribution in [0.1, 0.15) is 50.4 Å². The Hall–Kier alpha value is -2.11. The fourth-order valence-corrected chi connectivity index (χ4v) is 2.09. The Morgan fingerprint density at radius 3 is 2.57 bits per heavy atom. The number of amides is 1. The zero-order valence-electron chi connectivity index (χ0n) is 12.8. The van der Waals surface area contributed by atoms with Crippen LogP contribution in [-0.4, -0.2) is 28.3 Å². The number of nitro benzene ring substituents is 1. The Bertz CT molecular complexity index is 517. The van der Waals surface area contributed by atoms with Gasteiger partial charge >= 0.3 is 0 Å². The van der Waals surface area contributed by atoms with Crippen molar-refractivity contribution in [2.45, 2.75) is 46.1 Å². The summed E-state index contributed by atoms with van der Waals surface area (Å²) in [5.41, 5.74) is 5.90. The van der Waals surface area contributed by atoms with Gasteiger partial charge in [0.2, 0.25) is 0 Å². The van der Waals surface area contributed by atoms with Gasteiger partial charge in [0.05, 0.1) is 4.92 Å². The smallest absolute Gasteiger partial charge is 0.292 e. The molecule has 1 unspecified atom stereocenters. The molecule has 0 aliphatic carbocycles. The van der Waals surface area contributed by atoms with Crippen LogP contribution in [0.3, 0.4) is 0 Å². The lowest BCUT2D eigenvalue weighted by Crippen LogP contribution is -2.39. The molecule has 0 saturated heterocycles. The fourth-order valence-electron chi connectivity index (χ4n) is 2.09. The molecule has 0 aromatic heterocycles. The Morgan fingerprint density at radius 1 is 1.43 bits per heavy atom. The number of hydrogen-bond donors (Lipinski definition) is 1. The van der Waals surface area contributed by atoms with Crippen molar-refractivity contribution in [2.75, 3.05) is 12.3 Å². The number of nitrogens with two attached hydrogens (primary N) is 1. The maximum Gasteiger partial charge on any atom is 0.292 e. The van der Waals surface area contributed by atoms with E-state index in [1.807, 2.05) is 18.7 Å². The van der Waals surface area contributed by atoms with E-state index in [1.54, 1.807) is 0 Å². The molecule has 0 bridgehead atoms. The van der Waals surface area contributed by atoms with Gasteiger partial charge in [-0.1, -0.05) is 20.3 Å². The number of nitrogens with zero attached hydrogens (tertiary/aromatic N) is 2. The Kier molecular flexibility index (Phi) is 6.14. The van der Waals surface area contributed by atoms with Crippen LogP contribution in [0.5, 0.6) is 0 Å². The molecule has 0 aliphatic rings. The summed E-state index contributed by atoms with van der Waals surface area (Å²) in [4.78, 5) is 24.6. The van der Waals surface area contributed by atoms with Crippen molar-refractivity contribution in [3.05, 3.63) is 33.9 Å². The molecular formula is C15H23N3O3. The molecular weight excluding hydrogens is 270 g/mol. The molecule has 1 amide bonds. The highest BCUT2D eigenvalue weighted by molar-refractivity contribution is 5.96. The summed E-state index contributed by atoms with van der Waals surface area (Å²) >= 11 is 0. The number of nitrogen functional groups attached to an aromatic ring is 1. The highest BCUT2D eigenvalue weighted by Crippen LogP contribution is 2.23. The van der Waals surface area contributed by atoms with Crippen LogP contribution in [0.15, 0.2) is 18.2 Å². The Morgan fingerprint density at radius 2 is 2.10 bits per heavy atom. The zero-order valence-corrected chi connectivity index (χ0v) is 12.8. The highest BCUT2D eigenvalue weighted by atomic mass is 16.6. The van der Waals surface area contributed by atoms with Crippen molar-refractivity contribution in [3.8, 4) is 0 Å². The molecule has 6 nitrogen and oxygen atoms in total. The van der Waals surface area contributed by atoms with Gasteiger partial charge in [-0.2, -0.15) is 0 Å². The first-order chi connectivity index (χ1) is 9.92. The van der Waals surface area contributed by atoms with Crippen molar-refractivity contribution in [1.29, 1.82) is 0 Å². The average molecular weight is 293 g/mol. The second-order valence-electron chi connectivity index (χ2n) is 5.14. The molecule has 1 atom stereocenters. The number of hydrogen-bond acceptors (Lipinski definition) is 4. The molecule has 116 valence electrons. The van der Waals surface area contributed by atoms with E-state index in [1.165, 1.54) is 18.2 Å². The summed E-state index contributed by atoms with van der Waals surface area (Å²) in [6.45, 7) is 6.79. The molecule has 0 spiro atoms. The minimum atomic E-state index is -0.549. The monoisotopic (exact) mass is 293 g/mol. The van der Waals surface area contributed by atoms with E-state index < -0.39 is 4.92 Å². The average Bonchev–Trinajstić information content (AvgIpc) is 2.46. The van der Waals surface area contributed by atoms with Crippen LogP contribution in [-0.2, 0) is 0 Å². The van der Waals surface area contributed by atoms with Crippen LogP contribution in [0.2, 0.25) is 0 Å². The predicted octanol–water partition coefficient (Wildman–Crippen LogP) is 3.22. The van der Waals surface area contributed by atoms with Crippen molar-refractivity contribution >= 4 is 17.3 Å². The lowest BCUT2D eigenvalue weighted by atomic mass is 10.1. The van der Waals surface area contributed by atoms with Gasteiger partial charge < -0.3 is 10.6 Å². The van der Waals surface area contributed by atoms with E-state index >= 15 is 0 Å². The number of nitro groups is 1. The van der Waals surface area contributed by atoms with Gasteiger partial charge in [0.1, 0.15) is 5.69 Å². The zero-order chi connectivity index (χ0) is 16.0. The number of carbonyl (C=O) groups is 1. The maximum absolute atomic E-state index is 12.6. The van der Waals surface area contributed by atoms with E-state index in [4.69, 9.17) is 5.73 Å². The summed E-state index contributed by atoms with van der Waals surface area (Å²) in [5, 5.41) is 10.8. The maximum atomic E-state index is 12.6. The van der Waals surface area contributed by atoms with Crippen molar-refractivity contribution in [1.82, 2.24) is 4.90 Å². The van der Waals surface area contributed by atoms with Crippen LogP contribution in [0.4, 0.5) is 11.4 Å². The number of unbranched alkanes of at least 4 members (excludes halogenated alkanes) is 1. The quantitative estimate of drug-likeness (QED) is 0.475. The SMILES string of the molecule is CCCCN(C(=O)c1ccc([N+](=O)[O-])c(N)c1)C(C)CC. The van der Waals surface area contributed by atoms with E-state index in [9.17, 15) is 14.9 Å². The minimum Gasteiger partial charge on any atom is -0.393 e. The third-order valence-electron chi connectivity index (χ3n) is 3.61. The van der Waals surface area contributed by atoms with Crippen LogP contribution in [0.25, 0.3) is 0 Å². The Balaban J connectivity index is 3.03. The second-order valence-corrected chi connectivity index (χ2v) is 5.14. The van der Waals surface area contributed by atoms with Crippen LogP contribution >= 0.6 is 0 Å². The van der Waals surface area contributed by atoms with Gasteiger partial charge in [0.15, 0.2) is 0 Å². The summed E-state index contributed by atoms with van der Waals surface area (Å²) < 4.78 is 0. The molecule has 2 N–H and O–H groups in total. The first kappa shape index (κ1) is 16.9. The van der Waals surface area contributed by atoms with Gasteiger partial charge in [0.25, 0.3) is 11.6 Å². The summed E-state index contributed by atoms with van der Waals surface area (Å²) in [7, 11) is 0. The standard InChI is InChI=1S/C15H23N3O3/c1-4-6-9-17(11(3)5-2)15(19)12-7-8-14(18(20)21)13(16)10-12/h7-8,10-11H,4-6,9,16H2,1-3H3. The van der Waals surface area contributed by atoms with E-state index in [2.05, 4.69) is 6.92 Å². The van der Waals surface area contributed by atoms with Crippen molar-refractivity contribution < 1.29 is 9.72 Å². The molecule has 21 heavy (non-hydrogen) atoms. The molecule has 0 fully saturated rings. The van der Waals surface area contributed by atoms with Gasteiger partial charge in [0, 0.05) is 24.2 Å². The first-order valence-corrected chi connectivity index (χ1v) is 7.27. The predicted molar refractivity (Wildman–Crippen MR) is 83.2 cm³/mol. The van der Waals surface area contributed by atoms with Gasteiger partial charge in [-0.25, -0.2) is 0 Å². The molecule has 1 aromatic carbocycles. The summed E-state index contributed by atoms with van der Waals surface area (Å²) in [5.74, 6) is -0.126. The molecule has 0 radical (unpaired) electrons. The van der Waals surface area contributed by atoms with Gasteiger partial charge in [-0.05, 0) is 31.9 Å². The molecule has 1 aromatic rings. The van der Waals surface area contributed by atoms with Crippen LogP contribution < -0.4 is 5.73 Å². The van der Waals surface area contributed by atoms with E-state index in [-0.39, 0.29) is 23.3 Å². The molecule has 0 heterocycles. The fraction of sp³-hybridized carbons (Fsp3) is 0.533. The number of rotatable bonds is 7. The summed E-state index contributed by atoms with van der Waals surface area (Å²) in [6, 6.07) is 4.28. The highest BCUT2D eigenvalue weighted by Gasteiger charge is 2.22. The first-order valence-electron chi connectivity index (χ1n) is 7.27. The largest absolute Gasteiger partial charge is 0.393 e. The normalized spacial score (nSPS) is 12.0. The van der Waals surface area contributed by atoms with Crippen LogP contribution in [0, 0.1) is 10.1 Å². The van der Waals surface area contributed by atoms with Gasteiger partial charge in [-0.3, -0.25) is 14.9 Å². The summed E-state index contributed by atoms with van der Waals surface area (Å²) in [6.07, 6.45) is 2.79. The second kappa shape index (κ2) is 7.61. The third-order valence-corrected chi connectivity index (χ3v) is 3.61. The van der Waals surface area contributed by atoms with E-state index in [0.29, 0.717) is 12.1 Å².